The predicted octanol–water partition coefficient (Wildman–Crippen LogP) is 24.2. The van der Waals surface area contributed by atoms with Crippen LogP contribution in [0.15, 0.2) is 315 Å². The lowest BCUT2D eigenvalue weighted by Crippen LogP contribution is -2.30. The molecule has 0 saturated heterocycles. The second-order valence-electron chi connectivity index (χ2n) is 28.5. The van der Waals surface area contributed by atoms with Crippen molar-refractivity contribution in [1.29, 1.82) is 0 Å². The van der Waals surface area contributed by atoms with Gasteiger partial charge >= 0.3 is 0 Å². The Morgan fingerprint density at radius 1 is 0.198 bits per heavy atom. The van der Waals surface area contributed by atoms with E-state index in [1.165, 1.54) is 178 Å². The summed E-state index contributed by atoms with van der Waals surface area (Å²) < 4.78 is 0. The lowest BCUT2D eigenvalue weighted by molar-refractivity contribution is 0.632. The van der Waals surface area contributed by atoms with Crippen LogP contribution in [-0.2, 0) is 21.7 Å². The van der Waals surface area contributed by atoms with Crippen LogP contribution in [-0.4, -0.2) is 0 Å². The second kappa shape index (κ2) is 19.1. The van der Waals surface area contributed by atoms with Crippen molar-refractivity contribution < 1.29 is 0 Å². The van der Waals surface area contributed by atoms with Crippen LogP contribution in [0.2, 0.25) is 0 Å². The van der Waals surface area contributed by atoms with E-state index in [0.29, 0.717) is 0 Å². The van der Waals surface area contributed by atoms with E-state index in [9.17, 15) is 0 Å². The summed E-state index contributed by atoms with van der Waals surface area (Å²) in [6, 6.07) is 122. The summed E-state index contributed by atoms with van der Waals surface area (Å²) >= 11 is 0. The lowest BCUT2D eigenvalue weighted by atomic mass is 9.70. The lowest BCUT2D eigenvalue weighted by Gasteiger charge is -2.42. The van der Waals surface area contributed by atoms with Gasteiger partial charge in [0.25, 0.3) is 0 Å². The van der Waals surface area contributed by atoms with Gasteiger partial charge in [0.1, 0.15) is 0 Å². The predicted molar refractivity (Wildman–Crippen MR) is 399 cm³/mol. The van der Waals surface area contributed by atoms with Gasteiger partial charge in [0.2, 0.25) is 0 Å². The fourth-order valence-electron chi connectivity index (χ4n) is 19.5. The third kappa shape index (κ3) is 6.66. The van der Waals surface area contributed by atoms with Gasteiger partial charge < -0.3 is 9.80 Å². The van der Waals surface area contributed by atoms with Crippen molar-refractivity contribution >= 4 is 55.7 Å². The summed E-state index contributed by atoms with van der Waals surface area (Å²) in [5.41, 5.74) is 36.6. The number of hydrogen-bond acceptors (Lipinski definition) is 2. The standard InChI is InChI=1S/C94H64N2/c1-91(2)79-37-17-21-41-85(79)95(86-42-22-18-38-80(86)91)59-47-51-69-71(55-59)89(57-45-49-67-65-29-9-15-35-77(65)93(83(67)53-57)73-31-11-5-25-61(73)62-26-6-12-32-74(62)93)70-52-48-60(96-87-43-23-19-39-81(87)92(3,4)82-40-20-24-44-88(82)96)56-72(70)90(69)58-46-50-68-66-30-10-16-36-78(66)94(84(68)54-58)75-33-13-7-27-63(75)64-28-8-14-34-76(64)94/h5-56H,1-4H3. The van der Waals surface area contributed by atoms with E-state index >= 15 is 0 Å². The average molecular weight is 1220 g/mol. The van der Waals surface area contributed by atoms with Gasteiger partial charge in [-0.05, 0) is 216 Å². The van der Waals surface area contributed by atoms with Gasteiger partial charge in [-0.2, -0.15) is 0 Å². The molecular weight excluding hydrogens is 1160 g/mol. The number of fused-ring (bicyclic) bond motifs is 26. The van der Waals surface area contributed by atoms with Gasteiger partial charge in [0, 0.05) is 22.2 Å². The van der Waals surface area contributed by atoms with Crippen LogP contribution in [0.4, 0.5) is 34.1 Å². The Balaban J connectivity index is 0.907. The summed E-state index contributed by atoms with van der Waals surface area (Å²) in [7, 11) is 0. The minimum atomic E-state index is -0.536. The molecule has 15 aromatic rings. The third-order valence-corrected chi connectivity index (χ3v) is 23.4. The Labute approximate surface area is 560 Å². The van der Waals surface area contributed by atoms with Gasteiger partial charge in [-0.25, -0.2) is 0 Å². The van der Waals surface area contributed by atoms with Gasteiger partial charge in [-0.15, -0.1) is 0 Å². The minimum Gasteiger partial charge on any atom is -0.310 e. The molecule has 0 fully saturated rings. The largest absolute Gasteiger partial charge is 0.310 e. The zero-order valence-electron chi connectivity index (χ0n) is 53.9. The molecule has 0 amide bonds. The zero-order valence-corrected chi connectivity index (χ0v) is 53.9. The maximum atomic E-state index is 2.61. The monoisotopic (exact) mass is 1220 g/mol. The molecule has 0 radical (unpaired) electrons. The highest BCUT2D eigenvalue weighted by Gasteiger charge is 2.54. The Hall–Kier alpha value is -11.6. The second-order valence-corrected chi connectivity index (χ2v) is 28.5. The van der Waals surface area contributed by atoms with Crippen LogP contribution < -0.4 is 9.80 Å². The normalized spacial score (nSPS) is 15.6. The van der Waals surface area contributed by atoms with Gasteiger partial charge in [-0.1, -0.05) is 282 Å². The molecule has 0 N–H and O–H groups in total. The first kappa shape index (κ1) is 53.9. The molecule has 96 heavy (non-hydrogen) atoms. The van der Waals surface area contributed by atoms with Crippen LogP contribution >= 0.6 is 0 Å². The van der Waals surface area contributed by atoms with Crippen molar-refractivity contribution in [3.8, 4) is 66.8 Å². The molecule has 2 spiro atoms. The molecule has 0 unspecified atom stereocenters. The van der Waals surface area contributed by atoms with Crippen molar-refractivity contribution in [3.63, 3.8) is 0 Å². The Bertz CT molecular complexity index is 5360. The molecule has 15 aromatic carbocycles. The smallest absolute Gasteiger partial charge is 0.0725 e. The molecule has 2 nitrogen and oxygen atoms in total. The minimum absolute atomic E-state index is 0.224. The first-order valence-electron chi connectivity index (χ1n) is 34.1. The molecule has 6 aliphatic rings. The molecule has 0 bridgehead atoms. The van der Waals surface area contributed by atoms with Crippen molar-refractivity contribution in [2.45, 2.75) is 49.4 Å². The topological polar surface area (TPSA) is 6.48 Å². The third-order valence-electron chi connectivity index (χ3n) is 23.4. The van der Waals surface area contributed by atoms with Gasteiger partial charge in [-0.3, -0.25) is 0 Å². The summed E-state index contributed by atoms with van der Waals surface area (Å²) in [6.45, 7) is 9.54. The quantitative estimate of drug-likeness (QED) is 0.162. The Kier molecular flexibility index (Phi) is 10.7. The number of anilines is 6. The van der Waals surface area contributed by atoms with Crippen LogP contribution in [0.1, 0.15) is 94.5 Å². The van der Waals surface area contributed by atoms with Gasteiger partial charge in [0.15, 0.2) is 0 Å². The average Bonchev–Trinajstić information content (AvgIpc) is 1.50. The molecule has 0 aromatic heterocycles. The SMILES string of the molecule is CC1(C)c2ccccc2N(c2ccc3c(-c4ccc5c(c4)C4(c6ccccc6-c6ccccc64)c4ccccc4-5)c4cc(N5c6ccccc6C(C)(C)c6ccccc65)ccc4c(-c4ccc5c(c4)C4(c6ccccc6-c6ccccc64)c4ccccc4-5)c3c2)c2ccccc21. The number of para-hydroxylation sites is 4. The summed E-state index contributed by atoms with van der Waals surface area (Å²) in [6.07, 6.45) is 0. The van der Waals surface area contributed by atoms with Crippen LogP contribution in [0.5, 0.6) is 0 Å². The molecule has 450 valence electrons. The van der Waals surface area contributed by atoms with E-state index in [2.05, 4.69) is 353 Å². The molecule has 2 heteroatoms. The molecule has 0 atom stereocenters. The van der Waals surface area contributed by atoms with Crippen LogP contribution in [0, 0.1) is 0 Å². The Morgan fingerprint density at radius 2 is 0.438 bits per heavy atom. The van der Waals surface area contributed by atoms with E-state index in [0.717, 1.165) is 11.4 Å². The summed E-state index contributed by atoms with van der Waals surface area (Å²) in [5.74, 6) is 0. The maximum Gasteiger partial charge on any atom is 0.0725 e. The van der Waals surface area contributed by atoms with Gasteiger partial charge in [0.05, 0.1) is 33.6 Å². The number of benzene rings is 15. The fourth-order valence-corrected chi connectivity index (χ4v) is 19.5. The van der Waals surface area contributed by atoms with Crippen LogP contribution in [0.25, 0.3) is 88.3 Å². The number of hydrogen-bond donors (Lipinski definition) is 0. The van der Waals surface area contributed by atoms with Crippen molar-refractivity contribution in [2.24, 2.45) is 0 Å². The highest BCUT2D eigenvalue weighted by Crippen LogP contribution is 2.66. The molecule has 2 heterocycles. The summed E-state index contributed by atoms with van der Waals surface area (Å²) in [4.78, 5) is 5.09. The highest BCUT2D eigenvalue weighted by molar-refractivity contribution is 6.23. The van der Waals surface area contributed by atoms with Crippen molar-refractivity contribution in [3.05, 3.63) is 382 Å². The van der Waals surface area contributed by atoms with Crippen molar-refractivity contribution in [2.75, 3.05) is 9.80 Å². The highest BCUT2D eigenvalue weighted by atomic mass is 15.2. The zero-order chi connectivity index (χ0) is 63.6. The number of nitrogens with zero attached hydrogens (tertiary/aromatic N) is 2. The molecule has 0 saturated carbocycles. The molecule has 4 aliphatic carbocycles. The first-order valence-corrected chi connectivity index (χ1v) is 34.1. The van der Waals surface area contributed by atoms with E-state index in [-0.39, 0.29) is 10.8 Å². The summed E-state index contributed by atoms with van der Waals surface area (Å²) in [5, 5.41) is 4.80. The fraction of sp³-hybridized carbons (Fsp3) is 0.0851. The molecular formula is C94H64N2. The molecule has 2 aliphatic heterocycles. The molecule has 21 rings (SSSR count). The van der Waals surface area contributed by atoms with Crippen molar-refractivity contribution in [1.82, 2.24) is 0 Å². The Morgan fingerprint density at radius 3 is 0.719 bits per heavy atom. The van der Waals surface area contributed by atoms with E-state index in [4.69, 9.17) is 0 Å². The first-order chi connectivity index (χ1) is 47.2. The van der Waals surface area contributed by atoms with E-state index in [1.54, 1.807) is 0 Å². The van der Waals surface area contributed by atoms with E-state index in [1.807, 2.05) is 0 Å². The van der Waals surface area contributed by atoms with E-state index < -0.39 is 10.8 Å². The maximum absolute atomic E-state index is 2.61. The van der Waals surface area contributed by atoms with Crippen LogP contribution in [0.3, 0.4) is 0 Å². The number of rotatable bonds is 4.